The Morgan fingerprint density at radius 1 is 1.58 bits per heavy atom. The molecule has 3 heteroatoms. The van der Waals surface area contributed by atoms with Gasteiger partial charge in [-0.25, -0.2) is 0 Å². The molecule has 3 nitrogen and oxygen atoms in total. The van der Waals surface area contributed by atoms with Gasteiger partial charge < -0.3 is 5.32 Å². The molecule has 0 aromatic heterocycles. The first-order valence-electron chi connectivity index (χ1n) is 4.01. The third-order valence-corrected chi connectivity index (χ3v) is 1.42. The summed E-state index contributed by atoms with van der Waals surface area (Å²) in [6, 6.07) is 0. The van der Waals surface area contributed by atoms with E-state index < -0.39 is 0 Å². The third kappa shape index (κ3) is 4.68. The molecule has 12 heavy (non-hydrogen) atoms. The van der Waals surface area contributed by atoms with Gasteiger partial charge in [0, 0.05) is 6.54 Å². The molecule has 0 heterocycles. The van der Waals surface area contributed by atoms with Crippen LogP contribution in [0.5, 0.6) is 0 Å². The Balaban J connectivity index is 3.73. The number of amides is 1. The summed E-state index contributed by atoms with van der Waals surface area (Å²) in [6.45, 7) is 9.62. The van der Waals surface area contributed by atoms with Gasteiger partial charge >= 0.3 is 0 Å². The zero-order chi connectivity index (χ0) is 9.40. The molecule has 1 amide bonds. The van der Waals surface area contributed by atoms with Gasteiger partial charge in [-0.15, -0.1) is 6.58 Å². The molecule has 0 saturated carbocycles. The van der Waals surface area contributed by atoms with Crippen molar-refractivity contribution in [2.75, 3.05) is 6.54 Å². The number of carbonyl (C=O) groups excluding carboxylic acids is 1. The van der Waals surface area contributed by atoms with Crippen molar-refractivity contribution in [3.05, 3.63) is 25.3 Å². The zero-order valence-electron chi connectivity index (χ0n) is 7.47. The van der Waals surface area contributed by atoms with E-state index in [9.17, 15) is 4.79 Å². The van der Waals surface area contributed by atoms with Gasteiger partial charge in [0.05, 0.1) is 6.17 Å². The predicted molar refractivity (Wildman–Crippen MR) is 50.6 cm³/mol. The van der Waals surface area contributed by atoms with E-state index in [2.05, 4.69) is 23.8 Å². The molecule has 0 rings (SSSR count). The van der Waals surface area contributed by atoms with Crippen molar-refractivity contribution in [1.82, 2.24) is 10.6 Å². The minimum atomic E-state index is -0.154. The standard InChI is InChI=1S/C9H16N2O/c1-4-7-10-8(5-2)11-9(12)6-3/h4,6,8,10H,1,3,5,7H2,2H3,(H,11,12). The molecular formula is C9H16N2O. The maximum absolute atomic E-state index is 10.8. The summed E-state index contributed by atoms with van der Waals surface area (Å²) in [4.78, 5) is 10.8. The van der Waals surface area contributed by atoms with Crippen molar-refractivity contribution in [1.29, 1.82) is 0 Å². The lowest BCUT2D eigenvalue weighted by molar-refractivity contribution is -0.117. The van der Waals surface area contributed by atoms with Crippen LogP contribution in [0.2, 0.25) is 0 Å². The number of carbonyl (C=O) groups is 1. The number of hydrogen-bond donors (Lipinski definition) is 2. The molecule has 0 bridgehead atoms. The normalized spacial score (nSPS) is 11.8. The van der Waals surface area contributed by atoms with Crippen LogP contribution in [0, 0.1) is 0 Å². The minimum absolute atomic E-state index is 0.00787. The topological polar surface area (TPSA) is 41.1 Å². The van der Waals surface area contributed by atoms with Crippen LogP contribution in [-0.2, 0) is 4.79 Å². The Bertz CT molecular complexity index is 166. The minimum Gasteiger partial charge on any atom is -0.337 e. The molecule has 68 valence electrons. The first-order chi connectivity index (χ1) is 5.74. The summed E-state index contributed by atoms with van der Waals surface area (Å²) >= 11 is 0. The second-order valence-corrected chi connectivity index (χ2v) is 2.37. The van der Waals surface area contributed by atoms with Crippen LogP contribution in [0.3, 0.4) is 0 Å². The van der Waals surface area contributed by atoms with Gasteiger partial charge in [-0.05, 0) is 12.5 Å². The highest BCUT2D eigenvalue weighted by Gasteiger charge is 2.04. The zero-order valence-corrected chi connectivity index (χ0v) is 7.47. The van der Waals surface area contributed by atoms with Gasteiger partial charge in [-0.2, -0.15) is 0 Å². The Hall–Kier alpha value is -1.09. The van der Waals surface area contributed by atoms with Gasteiger partial charge in [0.1, 0.15) is 0 Å². The lowest BCUT2D eigenvalue weighted by Crippen LogP contribution is -2.44. The highest BCUT2D eigenvalue weighted by Crippen LogP contribution is 1.85. The molecule has 1 atom stereocenters. The molecule has 0 aliphatic carbocycles. The fraction of sp³-hybridized carbons (Fsp3) is 0.444. The maximum atomic E-state index is 10.8. The van der Waals surface area contributed by atoms with E-state index in [1.165, 1.54) is 6.08 Å². The summed E-state index contributed by atoms with van der Waals surface area (Å²) in [6.07, 6.45) is 3.86. The van der Waals surface area contributed by atoms with Crippen molar-refractivity contribution in [3.63, 3.8) is 0 Å². The quantitative estimate of drug-likeness (QED) is 0.350. The van der Waals surface area contributed by atoms with Crippen molar-refractivity contribution >= 4 is 5.91 Å². The van der Waals surface area contributed by atoms with Crippen LogP contribution in [0.25, 0.3) is 0 Å². The van der Waals surface area contributed by atoms with E-state index in [-0.39, 0.29) is 12.1 Å². The van der Waals surface area contributed by atoms with E-state index in [0.29, 0.717) is 6.54 Å². The summed E-state index contributed by atoms with van der Waals surface area (Å²) in [7, 11) is 0. The fourth-order valence-electron chi connectivity index (χ4n) is 0.754. The molecule has 1 unspecified atom stereocenters. The van der Waals surface area contributed by atoms with E-state index in [1.807, 2.05) is 6.92 Å². The van der Waals surface area contributed by atoms with Gasteiger partial charge in [0.2, 0.25) is 5.91 Å². The monoisotopic (exact) mass is 168 g/mol. The second kappa shape index (κ2) is 6.61. The average molecular weight is 168 g/mol. The third-order valence-electron chi connectivity index (χ3n) is 1.42. The Morgan fingerprint density at radius 3 is 2.67 bits per heavy atom. The van der Waals surface area contributed by atoms with Gasteiger partial charge in [0.25, 0.3) is 0 Å². The van der Waals surface area contributed by atoms with E-state index in [0.717, 1.165) is 6.42 Å². The lowest BCUT2D eigenvalue weighted by Gasteiger charge is -2.16. The summed E-state index contributed by atoms with van der Waals surface area (Å²) in [5.74, 6) is -0.154. The average Bonchev–Trinajstić information content (AvgIpc) is 2.11. The van der Waals surface area contributed by atoms with Gasteiger partial charge in [0.15, 0.2) is 0 Å². The van der Waals surface area contributed by atoms with Crippen molar-refractivity contribution < 1.29 is 4.79 Å². The van der Waals surface area contributed by atoms with E-state index in [4.69, 9.17) is 0 Å². The van der Waals surface area contributed by atoms with Crippen LogP contribution in [-0.4, -0.2) is 18.6 Å². The molecule has 0 aromatic carbocycles. The van der Waals surface area contributed by atoms with Gasteiger partial charge in [-0.3, -0.25) is 10.1 Å². The molecule has 0 radical (unpaired) electrons. The van der Waals surface area contributed by atoms with E-state index >= 15 is 0 Å². The molecule has 0 fully saturated rings. The smallest absolute Gasteiger partial charge is 0.244 e. The highest BCUT2D eigenvalue weighted by molar-refractivity contribution is 5.87. The molecule has 0 aliphatic rings. The summed E-state index contributed by atoms with van der Waals surface area (Å²) in [5, 5.41) is 5.82. The molecule has 2 N–H and O–H groups in total. The van der Waals surface area contributed by atoms with Crippen LogP contribution in [0.15, 0.2) is 25.3 Å². The number of hydrogen-bond acceptors (Lipinski definition) is 2. The van der Waals surface area contributed by atoms with Crippen molar-refractivity contribution in [2.45, 2.75) is 19.5 Å². The molecule has 0 spiro atoms. The van der Waals surface area contributed by atoms with E-state index in [1.54, 1.807) is 6.08 Å². The molecular weight excluding hydrogens is 152 g/mol. The van der Waals surface area contributed by atoms with Crippen LogP contribution >= 0.6 is 0 Å². The summed E-state index contributed by atoms with van der Waals surface area (Å²) < 4.78 is 0. The largest absolute Gasteiger partial charge is 0.337 e. The van der Waals surface area contributed by atoms with Crippen LogP contribution in [0.4, 0.5) is 0 Å². The Morgan fingerprint density at radius 2 is 2.25 bits per heavy atom. The summed E-state index contributed by atoms with van der Waals surface area (Å²) in [5.41, 5.74) is 0. The van der Waals surface area contributed by atoms with Crippen molar-refractivity contribution in [2.24, 2.45) is 0 Å². The first kappa shape index (κ1) is 10.9. The lowest BCUT2D eigenvalue weighted by atomic mass is 10.3. The van der Waals surface area contributed by atoms with Crippen molar-refractivity contribution in [3.8, 4) is 0 Å². The first-order valence-corrected chi connectivity index (χ1v) is 4.01. The van der Waals surface area contributed by atoms with Gasteiger partial charge in [-0.1, -0.05) is 19.6 Å². The molecule has 0 aliphatic heterocycles. The predicted octanol–water partition coefficient (Wildman–Crippen LogP) is 0.800. The number of nitrogens with one attached hydrogen (secondary N) is 2. The maximum Gasteiger partial charge on any atom is 0.244 e. The molecule has 0 aromatic rings. The number of rotatable bonds is 6. The highest BCUT2D eigenvalue weighted by atomic mass is 16.1. The molecule has 0 saturated heterocycles. The Kier molecular flexibility index (Phi) is 6.01. The van der Waals surface area contributed by atoms with Crippen LogP contribution < -0.4 is 10.6 Å². The second-order valence-electron chi connectivity index (χ2n) is 2.37. The SMILES string of the molecule is C=CCNC(CC)NC(=O)C=C. The van der Waals surface area contributed by atoms with Crippen LogP contribution in [0.1, 0.15) is 13.3 Å². The Labute approximate surface area is 73.5 Å². The fourth-order valence-corrected chi connectivity index (χ4v) is 0.754.